The summed E-state index contributed by atoms with van der Waals surface area (Å²) in [5.41, 5.74) is 1.16. The maximum atomic E-state index is 5.46. The SMILES string of the molecule is CCNC(=NCc1cccnc1N1CCOCC1)NC(C)CCCC(C)C. The second-order valence-electron chi connectivity index (χ2n) is 7.65. The Morgan fingerprint density at radius 2 is 2.04 bits per heavy atom. The van der Waals surface area contributed by atoms with Gasteiger partial charge in [-0.25, -0.2) is 9.98 Å². The van der Waals surface area contributed by atoms with E-state index in [-0.39, 0.29) is 0 Å². The highest BCUT2D eigenvalue weighted by Crippen LogP contribution is 2.19. The lowest BCUT2D eigenvalue weighted by atomic mass is 10.0. The predicted octanol–water partition coefficient (Wildman–Crippen LogP) is 3.19. The van der Waals surface area contributed by atoms with Crippen LogP contribution in [0.2, 0.25) is 0 Å². The van der Waals surface area contributed by atoms with E-state index < -0.39 is 0 Å². The number of aromatic nitrogens is 1. The van der Waals surface area contributed by atoms with E-state index >= 15 is 0 Å². The van der Waals surface area contributed by atoms with Crippen LogP contribution in [0.3, 0.4) is 0 Å². The van der Waals surface area contributed by atoms with Crippen molar-refractivity contribution in [1.29, 1.82) is 0 Å². The van der Waals surface area contributed by atoms with Crippen molar-refractivity contribution in [3.63, 3.8) is 0 Å². The number of nitrogens with zero attached hydrogens (tertiary/aromatic N) is 3. The highest BCUT2D eigenvalue weighted by molar-refractivity contribution is 5.80. The molecule has 2 N–H and O–H groups in total. The molecule has 1 saturated heterocycles. The van der Waals surface area contributed by atoms with E-state index in [0.717, 1.165) is 62.5 Å². The highest BCUT2D eigenvalue weighted by atomic mass is 16.5. The minimum atomic E-state index is 0.411. The Morgan fingerprint density at radius 1 is 1.26 bits per heavy atom. The normalized spacial score (nSPS) is 16.5. The van der Waals surface area contributed by atoms with Crippen LogP contribution in [0.5, 0.6) is 0 Å². The molecular formula is C21H37N5O. The number of hydrogen-bond donors (Lipinski definition) is 2. The second kappa shape index (κ2) is 11.8. The van der Waals surface area contributed by atoms with Gasteiger partial charge in [-0.3, -0.25) is 0 Å². The summed E-state index contributed by atoms with van der Waals surface area (Å²) in [6.45, 7) is 13.7. The van der Waals surface area contributed by atoms with E-state index in [9.17, 15) is 0 Å². The number of anilines is 1. The second-order valence-corrected chi connectivity index (χ2v) is 7.65. The van der Waals surface area contributed by atoms with Crippen LogP contribution in [-0.2, 0) is 11.3 Å². The standard InChI is InChI=1S/C21H37N5O/c1-5-22-21(25-18(4)9-6-8-17(2)3)24-16-19-10-7-11-23-20(19)26-12-14-27-15-13-26/h7,10-11,17-18H,5-6,8-9,12-16H2,1-4H3,(H2,22,24,25). The first-order valence-electron chi connectivity index (χ1n) is 10.4. The lowest BCUT2D eigenvalue weighted by Gasteiger charge is -2.29. The number of nitrogens with one attached hydrogen (secondary N) is 2. The molecular weight excluding hydrogens is 338 g/mol. The first-order chi connectivity index (χ1) is 13.1. The molecule has 2 heterocycles. The van der Waals surface area contributed by atoms with Gasteiger partial charge in [0, 0.05) is 37.4 Å². The van der Waals surface area contributed by atoms with Crippen LogP contribution >= 0.6 is 0 Å². The molecule has 1 aromatic rings. The minimum absolute atomic E-state index is 0.411. The number of aliphatic imine (C=N–C) groups is 1. The van der Waals surface area contributed by atoms with Gasteiger partial charge in [0.25, 0.3) is 0 Å². The van der Waals surface area contributed by atoms with Crippen LogP contribution in [0.25, 0.3) is 0 Å². The van der Waals surface area contributed by atoms with Crippen molar-refractivity contribution in [1.82, 2.24) is 15.6 Å². The van der Waals surface area contributed by atoms with E-state index in [1.807, 2.05) is 12.3 Å². The van der Waals surface area contributed by atoms with Crippen molar-refractivity contribution in [3.05, 3.63) is 23.9 Å². The van der Waals surface area contributed by atoms with E-state index in [0.29, 0.717) is 12.6 Å². The summed E-state index contributed by atoms with van der Waals surface area (Å²) in [5, 5.41) is 6.91. The summed E-state index contributed by atoms with van der Waals surface area (Å²) in [7, 11) is 0. The van der Waals surface area contributed by atoms with Crippen LogP contribution in [0.1, 0.15) is 52.5 Å². The summed E-state index contributed by atoms with van der Waals surface area (Å²) in [6.07, 6.45) is 5.54. The molecule has 0 spiro atoms. The van der Waals surface area contributed by atoms with E-state index in [1.165, 1.54) is 12.8 Å². The summed E-state index contributed by atoms with van der Waals surface area (Å²) in [4.78, 5) is 11.7. The van der Waals surface area contributed by atoms with Crippen molar-refractivity contribution in [2.75, 3.05) is 37.7 Å². The average molecular weight is 376 g/mol. The third-order valence-corrected chi connectivity index (χ3v) is 4.73. The first-order valence-corrected chi connectivity index (χ1v) is 10.4. The Bertz CT molecular complexity index is 569. The van der Waals surface area contributed by atoms with Gasteiger partial charge >= 0.3 is 0 Å². The third-order valence-electron chi connectivity index (χ3n) is 4.73. The molecule has 6 nitrogen and oxygen atoms in total. The number of guanidine groups is 1. The average Bonchev–Trinajstić information content (AvgIpc) is 2.67. The Morgan fingerprint density at radius 3 is 2.74 bits per heavy atom. The monoisotopic (exact) mass is 375 g/mol. The van der Waals surface area contributed by atoms with Gasteiger partial charge in [0.2, 0.25) is 0 Å². The topological polar surface area (TPSA) is 61.8 Å². The molecule has 0 amide bonds. The Balaban J connectivity index is 1.97. The largest absolute Gasteiger partial charge is 0.378 e. The molecule has 0 aromatic carbocycles. The van der Waals surface area contributed by atoms with Gasteiger partial charge in [0.05, 0.1) is 19.8 Å². The van der Waals surface area contributed by atoms with Crippen LogP contribution in [0.15, 0.2) is 23.3 Å². The first kappa shape index (κ1) is 21.5. The smallest absolute Gasteiger partial charge is 0.191 e. The fourth-order valence-electron chi connectivity index (χ4n) is 3.24. The number of ether oxygens (including phenoxy) is 1. The third kappa shape index (κ3) is 7.75. The van der Waals surface area contributed by atoms with Crippen molar-refractivity contribution >= 4 is 11.8 Å². The molecule has 0 radical (unpaired) electrons. The molecule has 6 heteroatoms. The Hall–Kier alpha value is -1.82. The quantitative estimate of drug-likeness (QED) is 0.513. The molecule has 1 fully saturated rings. The Kier molecular flexibility index (Phi) is 9.39. The lowest BCUT2D eigenvalue weighted by molar-refractivity contribution is 0.122. The molecule has 1 aliphatic heterocycles. The fraction of sp³-hybridized carbons (Fsp3) is 0.714. The number of rotatable bonds is 9. The maximum absolute atomic E-state index is 5.46. The molecule has 27 heavy (non-hydrogen) atoms. The summed E-state index contributed by atoms with van der Waals surface area (Å²) < 4.78 is 5.46. The number of pyridine rings is 1. The molecule has 1 atom stereocenters. The molecule has 0 bridgehead atoms. The zero-order chi connectivity index (χ0) is 19.5. The van der Waals surface area contributed by atoms with E-state index in [2.05, 4.69) is 54.3 Å². The van der Waals surface area contributed by atoms with Crippen LogP contribution in [0.4, 0.5) is 5.82 Å². The van der Waals surface area contributed by atoms with E-state index in [1.54, 1.807) is 0 Å². The molecule has 1 aliphatic rings. The summed E-state index contributed by atoms with van der Waals surface area (Å²) in [6, 6.07) is 4.52. The predicted molar refractivity (Wildman–Crippen MR) is 113 cm³/mol. The van der Waals surface area contributed by atoms with Crippen molar-refractivity contribution in [2.24, 2.45) is 10.9 Å². The minimum Gasteiger partial charge on any atom is -0.378 e. The van der Waals surface area contributed by atoms with Gasteiger partial charge in [0.1, 0.15) is 5.82 Å². The lowest BCUT2D eigenvalue weighted by Crippen LogP contribution is -2.42. The molecule has 0 saturated carbocycles. The van der Waals surface area contributed by atoms with Crippen LogP contribution in [0, 0.1) is 5.92 Å². The van der Waals surface area contributed by atoms with Crippen LogP contribution < -0.4 is 15.5 Å². The molecule has 1 unspecified atom stereocenters. The maximum Gasteiger partial charge on any atom is 0.191 e. The zero-order valence-electron chi connectivity index (χ0n) is 17.5. The zero-order valence-corrected chi connectivity index (χ0v) is 17.5. The molecule has 2 rings (SSSR count). The van der Waals surface area contributed by atoms with Gasteiger partial charge in [-0.05, 0) is 32.3 Å². The summed E-state index contributed by atoms with van der Waals surface area (Å²) in [5.74, 6) is 2.68. The molecule has 1 aromatic heterocycles. The van der Waals surface area contributed by atoms with Crippen molar-refractivity contribution in [2.45, 2.75) is 59.5 Å². The van der Waals surface area contributed by atoms with Gasteiger partial charge in [0.15, 0.2) is 5.96 Å². The molecule has 0 aliphatic carbocycles. The highest BCUT2D eigenvalue weighted by Gasteiger charge is 2.15. The number of morpholine rings is 1. The van der Waals surface area contributed by atoms with Gasteiger partial charge in [-0.1, -0.05) is 32.8 Å². The fourth-order valence-corrected chi connectivity index (χ4v) is 3.24. The summed E-state index contributed by atoms with van der Waals surface area (Å²) >= 11 is 0. The molecule has 152 valence electrons. The van der Waals surface area contributed by atoms with Crippen LogP contribution in [-0.4, -0.2) is 49.8 Å². The van der Waals surface area contributed by atoms with E-state index in [4.69, 9.17) is 9.73 Å². The van der Waals surface area contributed by atoms with Gasteiger partial charge in [-0.2, -0.15) is 0 Å². The van der Waals surface area contributed by atoms with Gasteiger partial charge in [-0.15, -0.1) is 0 Å². The van der Waals surface area contributed by atoms with Gasteiger partial charge < -0.3 is 20.3 Å². The van der Waals surface area contributed by atoms with Crippen molar-refractivity contribution < 1.29 is 4.74 Å². The Labute approximate surface area is 164 Å². The van der Waals surface area contributed by atoms with Crippen molar-refractivity contribution in [3.8, 4) is 0 Å². The number of hydrogen-bond acceptors (Lipinski definition) is 4.